The largest absolute Gasteiger partial charge is 0.493 e. The normalized spacial score (nSPS) is 11.0. The van der Waals surface area contributed by atoms with Gasteiger partial charge in [-0.2, -0.15) is 0 Å². The summed E-state index contributed by atoms with van der Waals surface area (Å²) in [6, 6.07) is 11.4. The highest BCUT2D eigenvalue weighted by Crippen LogP contribution is 2.40. The minimum absolute atomic E-state index is 0.0494. The van der Waals surface area contributed by atoms with Crippen LogP contribution in [-0.4, -0.2) is 35.7 Å². The molecule has 10 heteroatoms. The fourth-order valence-corrected chi connectivity index (χ4v) is 5.23. The van der Waals surface area contributed by atoms with Crippen LogP contribution in [0.5, 0.6) is 17.2 Å². The standard InChI is InChI=1S/C21H22N2O6S2/c1-13-5-7-14(8-6-13)23-31(25,26)18-9-10-30-20(18)21(24)22-15-11-16(27-2)19(29-4)17(12-15)28-3/h5-12,23H,1-4H3,(H,22,24). The Morgan fingerprint density at radius 2 is 1.52 bits per heavy atom. The molecule has 1 aromatic heterocycles. The van der Waals surface area contributed by atoms with Gasteiger partial charge in [0.1, 0.15) is 9.77 Å². The van der Waals surface area contributed by atoms with Gasteiger partial charge in [-0.25, -0.2) is 8.42 Å². The number of carbonyl (C=O) groups excluding carboxylic acids is 1. The third-order valence-corrected chi connectivity index (χ3v) is 6.82. The first-order valence-corrected chi connectivity index (χ1v) is 11.4. The summed E-state index contributed by atoms with van der Waals surface area (Å²) in [6.07, 6.45) is 0. The summed E-state index contributed by atoms with van der Waals surface area (Å²) in [5.74, 6) is 0.521. The summed E-state index contributed by atoms with van der Waals surface area (Å²) in [6.45, 7) is 1.91. The lowest BCUT2D eigenvalue weighted by atomic mass is 10.2. The number of aryl methyl sites for hydroxylation is 1. The molecule has 8 nitrogen and oxygen atoms in total. The second-order valence-corrected chi connectivity index (χ2v) is 9.02. The molecule has 0 bridgehead atoms. The Balaban J connectivity index is 1.88. The average Bonchev–Trinajstić information content (AvgIpc) is 3.25. The lowest BCUT2D eigenvalue weighted by Crippen LogP contribution is -2.18. The zero-order valence-corrected chi connectivity index (χ0v) is 19.0. The van der Waals surface area contributed by atoms with Crippen LogP contribution < -0.4 is 24.2 Å². The van der Waals surface area contributed by atoms with Gasteiger partial charge >= 0.3 is 0 Å². The van der Waals surface area contributed by atoms with Crippen LogP contribution in [-0.2, 0) is 10.0 Å². The zero-order chi connectivity index (χ0) is 22.6. The lowest BCUT2D eigenvalue weighted by Gasteiger charge is -2.15. The maximum atomic E-state index is 12.9. The van der Waals surface area contributed by atoms with Gasteiger partial charge in [0.05, 0.1) is 21.3 Å². The van der Waals surface area contributed by atoms with Crippen LogP contribution >= 0.6 is 11.3 Å². The van der Waals surface area contributed by atoms with Crippen LogP contribution in [0.4, 0.5) is 11.4 Å². The number of carbonyl (C=O) groups is 1. The molecule has 31 heavy (non-hydrogen) atoms. The summed E-state index contributed by atoms with van der Waals surface area (Å²) < 4.78 is 44.1. The highest BCUT2D eigenvalue weighted by Gasteiger charge is 2.25. The van der Waals surface area contributed by atoms with Crippen molar-refractivity contribution in [2.45, 2.75) is 11.8 Å². The smallest absolute Gasteiger partial charge is 0.267 e. The van der Waals surface area contributed by atoms with Crippen molar-refractivity contribution >= 4 is 38.6 Å². The molecule has 164 valence electrons. The van der Waals surface area contributed by atoms with Crippen LogP contribution in [0.3, 0.4) is 0 Å². The molecule has 0 radical (unpaired) electrons. The van der Waals surface area contributed by atoms with E-state index in [4.69, 9.17) is 14.2 Å². The number of sulfonamides is 1. The van der Waals surface area contributed by atoms with Crippen molar-refractivity contribution in [1.29, 1.82) is 0 Å². The molecular formula is C21H22N2O6S2. The Labute approximate surface area is 184 Å². The van der Waals surface area contributed by atoms with Crippen LogP contribution in [0.25, 0.3) is 0 Å². The number of thiophene rings is 1. The summed E-state index contributed by atoms with van der Waals surface area (Å²) in [5, 5.41) is 4.24. The molecular weight excluding hydrogens is 440 g/mol. The average molecular weight is 463 g/mol. The molecule has 0 unspecified atom stereocenters. The topological polar surface area (TPSA) is 103 Å². The number of methoxy groups -OCH3 is 3. The van der Waals surface area contributed by atoms with Gasteiger partial charge in [-0.3, -0.25) is 9.52 Å². The molecule has 3 rings (SSSR count). The first kappa shape index (κ1) is 22.4. The predicted molar refractivity (Wildman–Crippen MR) is 120 cm³/mol. The summed E-state index contributed by atoms with van der Waals surface area (Å²) in [4.78, 5) is 12.8. The van der Waals surface area contributed by atoms with Crippen LogP contribution in [0.2, 0.25) is 0 Å². The molecule has 0 aliphatic heterocycles. The van der Waals surface area contributed by atoms with Gasteiger partial charge in [0.2, 0.25) is 5.75 Å². The van der Waals surface area contributed by atoms with E-state index in [1.54, 1.807) is 41.8 Å². The number of amides is 1. The van der Waals surface area contributed by atoms with Crippen molar-refractivity contribution in [3.8, 4) is 17.2 Å². The summed E-state index contributed by atoms with van der Waals surface area (Å²) >= 11 is 1.03. The number of anilines is 2. The number of hydrogen-bond donors (Lipinski definition) is 2. The van der Waals surface area contributed by atoms with E-state index >= 15 is 0 Å². The first-order chi connectivity index (χ1) is 14.8. The summed E-state index contributed by atoms with van der Waals surface area (Å²) in [5.41, 5.74) is 1.78. The molecule has 0 atom stereocenters. The van der Waals surface area contributed by atoms with Gasteiger partial charge in [-0.05, 0) is 30.5 Å². The van der Waals surface area contributed by atoms with E-state index in [2.05, 4.69) is 10.0 Å². The van der Waals surface area contributed by atoms with Gasteiger partial charge in [0.25, 0.3) is 15.9 Å². The van der Waals surface area contributed by atoms with Crippen molar-refractivity contribution in [1.82, 2.24) is 0 Å². The highest BCUT2D eigenvalue weighted by atomic mass is 32.2. The molecule has 0 saturated heterocycles. The maximum Gasteiger partial charge on any atom is 0.267 e. The molecule has 2 aromatic carbocycles. The molecule has 0 aliphatic carbocycles. The Kier molecular flexibility index (Phi) is 6.71. The fourth-order valence-electron chi connectivity index (χ4n) is 2.85. The third kappa shape index (κ3) is 4.92. The SMILES string of the molecule is COc1cc(NC(=O)c2sccc2S(=O)(=O)Nc2ccc(C)cc2)cc(OC)c1OC. The van der Waals surface area contributed by atoms with Crippen molar-refractivity contribution in [2.75, 3.05) is 31.4 Å². The Bertz CT molecular complexity index is 1160. The van der Waals surface area contributed by atoms with E-state index in [0.29, 0.717) is 28.6 Å². The molecule has 1 heterocycles. The van der Waals surface area contributed by atoms with E-state index in [1.807, 2.05) is 6.92 Å². The van der Waals surface area contributed by atoms with E-state index in [9.17, 15) is 13.2 Å². The van der Waals surface area contributed by atoms with E-state index in [1.165, 1.54) is 27.4 Å². The monoisotopic (exact) mass is 462 g/mol. The van der Waals surface area contributed by atoms with Crippen molar-refractivity contribution in [3.05, 3.63) is 58.3 Å². The van der Waals surface area contributed by atoms with Gasteiger partial charge < -0.3 is 19.5 Å². The van der Waals surface area contributed by atoms with Crippen LogP contribution in [0.15, 0.2) is 52.7 Å². The number of rotatable bonds is 8. The maximum absolute atomic E-state index is 12.9. The Morgan fingerprint density at radius 3 is 2.06 bits per heavy atom. The predicted octanol–water partition coefficient (Wildman–Crippen LogP) is 4.14. The lowest BCUT2D eigenvalue weighted by molar-refractivity contribution is 0.102. The Hall–Kier alpha value is -3.24. The van der Waals surface area contributed by atoms with Crippen LogP contribution in [0.1, 0.15) is 15.2 Å². The molecule has 0 spiro atoms. The minimum Gasteiger partial charge on any atom is -0.493 e. The molecule has 0 aliphatic rings. The van der Waals surface area contributed by atoms with E-state index in [-0.39, 0.29) is 9.77 Å². The van der Waals surface area contributed by atoms with Crippen molar-refractivity contribution < 1.29 is 27.4 Å². The van der Waals surface area contributed by atoms with E-state index < -0.39 is 15.9 Å². The van der Waals surface area contributed by atoms with Crippen molar-refractivity contribution in [3.63, 3.8) is 0 Å². The number of hydrogen-bond acceptors (Lipinski definition) is 7. The summed E-state index contributed by atoms with van der Waals surface area (Å²) in [7, 11) is 0.442. The fraction of sp³-hybridized carbons (Fsp3) is 0.190. The highest BCUT2D eigenvalue weighted by molar-refractivity contribution is 7.93. The minimum atomic E-state index is -3.96. The number of ether oxygens (including phenoxy) is 3. The Morgan fingerprint density at radius 1 is 0.903 bits per heavy atom. The second kappa shape index (κ2) is 9.27. The quantitative estimate of drug-likeness (QED) is 0.522. The molecule has 2 N–H and O–H groups in total. The number of nitrogens with one attached hydrogen (secondary N) is 2. The number of benzene rings is 2. The van der Waals surface area contributed by atoms with Gasteiger partial charge in [-0.1, -0.05) is 17.7 Å². The molecule has 3 aromatic rings. The molecule has 0 fully saturated rings. The zero-order valence-electron chi connectivity index (χ0n) is 17.4. The first-order valence-electron chi connectivity index (χ1n) is 9.07. The molecule has 0 saturated carbocycles. The van der Waals surface area contributed by atoms with Gasteiger partial charge in [0, 0.05) is 23.5 Å². The molecule has 1 amide bonds. The third-order valence-electron chi connectivity index (χ3n) is 4.35. The van der Waals surface area contributed by atoms with Gasteiger partial charge in [-0.15, -0.1) is 11.3 Å². The second-order valence-electron chi connectivity index (χ2n) is 6.45. The van der Waals surface area contributed by atoms with Crippen LogP contribution in [0, 0.1) is 6.92 Å². The van der Waals surface area contributed by atoms with Crippen molar-refractivity contribution in [2.24, 2.45) is 0 Å². The van der Waals surface area contributed by atoms with Gasteiger partial charge in [0.15, 0.2) is 11.5 Å². The van der Waals surface area contributed by atoms with E-state index in [0.717, 1.165) is 16.9 Å².